The summed E-state index contributed by atoms with van der Waals surface area (Å²) in [5.74, 6) is -0.260. The summed E-state index contributed by atoms with van der Waals surface area (Å²) in [5.41, 5.74) is 5.42. The molecule has 0 spiro atoms. The number of pyridine rings is 1. The molecule has 1 aromatic carbocycles. The molecule has 6 heteroatoms. The number of hydrogen-bond donors (Lipinski definition) is 1. The van der Waals surface area contributed by atoms with Gasteiger partial charge in [-0.1, -0.05) is 6.07 Å². The maximum absolute atomic E-state index is 13.5. The molecule has 2 aromatic heterocycles. The van der Waals surface area contributed by atoms with Crippen molar-refractivity contribution in [2.24, 2.45) is 0 Å². The molecule has 1 fully saturated rings. The highest BCUT2D eigenvalue weighted by molar-refractivity contribution is 7.80. The predicted molar refractivity (Wildman–Crippen MR) is 114 cm³/mol. The summed E-state index contributed by atoms with van der Waals surface area (Å²) in [6, 6.07) is 14.5. The van der Waals surface area contributed by atoms with E-state index in [1.807, 2.05) is 18.2 Å². The largest absolute Gasteiger partial charge is 0.351 e. The van der Waals surface area contributed by atoms with Gasteiger partial charge in [0.05, 0.1) is 17.8 Å². The lowest BCUT2D eigenvalue weighted by molar-refractivity contribution is 0.562. The second kappa shape index (κ2) is 7.36. The van der Waals surface area contributed by atoms with Gasteiger partial charge in [0, 0.05) is 29.8 Å². The van der Waals surface area contributed by atoms with E-state index in [0.717, 1.165) is 17.9 Å². The summed E-state index contributed by atoms with van der Waals surface area (Å²) in [6.45, 7) is 7.33. The summed E-state index contributed by atoms with van der Waals surface area (Å²) < 4.78 is 15.8. The van der Waals surface area contributed by atoms with Crippen LogP contribution < -0.4 is 10.2 Å². The third-order valence-corrected chi connectivity index (χ3v) is 5.77. The van der Waals surface area contributed by atoms with Crippen molar-refractivity contribution >= 4 is 23.0 Å². The van der Waals surface area contributed by atoms with E-state index in [1.54, 1.807) is 18.3 Å². The molecular formula is C22H23FN4S. The minimum absolute atomic E-state index is 0.0700. The van der Waals surface area contributed by atoms with Crippen molar-refractivity contribution in [1.29, 1.82) is 0 Å². The maximum Gasteiger partial charge on any atom is 0.174 e. The fourth-order valence-corrected chi connectivity index (χ4v) is 4.51. The van der Waals surface area contributed by atoms with E-state index < -0.39 is 0 Å². The summed E-state index contributed by atoms with van der Waals surface area (Å²) in [7, 11) is 0. The molecule has 28 heavy (non-hydrogen) atoms. The molecule has 0 saturated carbocycles. The van der Waals surface area contributed by atoms with Crippen LogP contribution in [0.25, 0.3) is 0 Å². The number of halogens is 1. The van der Waals surface area contributed by atoms with Crippen molar-refractivity contribution in [1.82, 2.24) is 14.9 Å². The third-order valence-electron chi connectivity index (χ3n) is 5.45. The molecule has 1 N–H and O–H groups in total. The van der Waals surface area contributed by atoms with E-state index in [2.05, 4.69) is 46.6 Å². The quantitative estimate of drug-likeness (QED) is 0.642. The topological polar surface area (TPSA) is 33.1 Å². The molecule has 2 atom stereocenters. The number of hydrogen-bond acceptors (Lipinski definition) is 2. The highest BCUT2D eigenvalue weighted by Crippen LogP contribution is 2.43. The van der Waals surface area contributed by atoms with Crippen molar-refractivity contribution in [3.63, 3.8) is 0 Å². The van der Waals surface area contributed by atoms with Crippen LogP contribution in [0.1, 0.15) is 41.7 Å². The molecule has 1 aliphatic heterocycles. The zero-order valence-electron chi connectivity index (χ0n) is 16.2. The Bertz CT molecular complexity index is 997. The lowest BCUT2D eigenvalue weighted by Gasteiger charge is -2.28. The fourth-order valence-electron chi connectivity index (χ4n) is 4.16. The van der Waals surface area contributed by atoms with E-state index in [-0.39, 0.29) is 17.9 Å². The highest BCUT2D eigenvalue weighted by atomic mass is 32.1. The number of thiocarbonyl (C=S) groups is 1. The molecule has 0 amide bonds. The lowest BCUT2D eigenvalue weighted by atomic mass is 9.96. The van der Waals surface area contributed by atoms with Crippen LogP contribution in [-0.2, 0) is 6.54 Å². The fraction of sp³-hybridized carbons (Fsp3) is 0.273. The van der Waals surface area contributed by atoms with Gasteiger partial charge in [-0.15, -0.1) is 0 Å². The number of anilines is 1. The first-order valence-electron chi connectivity index (χ1n) is 9.44. The smallest absolute Gasteiger partial charge is 0.174 e. The average Bonchev–Trinajstić information content (AvgIpc) is 3.18. The molecule has 1 aliphatic rings. The second-order valence-electron chi connectivity index (χ2n) is 7.04. The molecule has 1 saturated heterocycles. The Morgan fingerprint density at radius 2 is 1.89 bits per heavy atom. The Hall–Kier alpha value is -2.73. The number of aryl methyl sites for hydroxylation is 1. The minimum Gasteiger partial charge on any atom is -0.351 e. The van der Waals surface area contributed by atoms with Crippen LogP contribution in [0.4, 0.5) is 10.1 Å². The van der Waals surface area contributed by atoms with Gasteiger partial charge in [-0.05, 0) is 81.0 Å². The van der Waals surface area contributed by atoms with E-state index in [9.17, 15) is 4.39 Å². The van der Waals surface area contributed by atoms with Gasteiger partial charge in [0.15, 0.2) is 5.11 Å². The standard InChI is InChI=1S/C22H23FN4S/c1-4-26-14(2)13-18(15(26)3)21-20(19-7-5-6-12-24-19)25-22(28)27(21)17-10-8-16(23)9-11-17/h5-13,20-21H,4H2,1-3H3,(H,25,28)/t20-,21+/m0/s1. The first-order valence-corrected chi connectivity index (χ1v) is 9.85. The van der Waals surface area contributed by atoms with Gasteiger partial charge in [-0.2, -0.15) is 0 Å². The van der Waals surface area contributed by atoms with Gasteiger partial charge >= 0.3 is 0 Å². The van der Waals surface area contributed by atoms with Gasteiger partial charge in [0.2, 0.25) is 0 Å². The molecule has 0 bridgehead atoms. The van der Waals surface area contributed by atoms with Gasteiger partial charge in [0.25, 0.3) is 0 Å². The molecular weight excluding hydrogens is 371 g/mol. The molecule has 3 heterocycles. The number of benzene rings is 1. The van der Waals surface area contributed by atoms with Crippen LogP contribution in [0.3, 0.4) is 0 Å². The molecule has 144 valence electrons. The first-order chi connectivity index (χ1) is 13.5. The molecule has 4 rings (SSSR count). The first kappa shape index (κ1) is 18.6. The van der Waals surface area contributed by atoms with Crippen LogP contribution >= 0.6 is 12.2 Å². The summed E-state index contributed by atoms with van der Waals surface area (Å²) >= 11 is 5.71. The maximum atomic E-state index is 13.5. The zero-order chi connectivity index (χ0) is 19.8. The number of nitrogens with one attached hydrogen (secondary N) is 1. The predicted octanol–water partition coefficient (Wildman–Crippen LogP) is 4.84. The summed E-state index contributed by atoms with van der Waals surface area (Å²) in [4.78, 5) is 6.66. The Kier molecular flexibility index (Phi) is 4.89. The number of aromatic nitrogens is 2. The van der Waals surface area contributed by atoms with Crippen molar-refractivity contribution in [2.45, 2.75) is 39.4 Å². The van der Waals surface area contributed by atoms with Gasteiger partial charge < -0.3 is 14.8 Å². The van der Waals surface area contributed by atoms with Crippen molar-refractivity contribution in [3.8, 4) is 0 Å². The highest BCUT2D eigenvalue weighted by Gasteiger charge is 2.42. The van der Waals surface area contributed by atoms with Crippen LogP contribution in [0.5, 0.6) is 0 Å². The Morgan fingerprint density at radius 3 is 2.50 bits per heavy atom. The van der Waals surface area contributed by atoms with Crippen molar-refractivity contribution in [2.75, 3.05) is 4.90 Å². The summed E-state index contributed by atoms with van der Waals surface area (Å²) in [6.07, 6.45) is 1.80. The van der Waals surface area contributed by atoms with Crippen LogP contribution in [0.15, 0.2) is 54.7 Å². The SMILES string of the molecule is CCn1c(C)cc([C@@H]2[C@H](c3ccccn3)NC(=S)N2c2ccc(F)cc2)c1C. The van der Waals surface area contributed by atoms with E-state index in [0.29, 0.717) is 5.11 Å². The van der Waals surface area contributed by atoms with Crippen LogP contribution in [-0.4, -0.2) is 14.7 Å². The minimum atomic E-state index is -0.260. The van der Waals surface area contributed by atoms with Crippen molar-refractivity contribution in [3.05, 3.63) is 83.2 Å². The van der Waals surface area contributed by atoms with Crippen molar-refractivity contribution < 1.29 is 4.39 Å². The zero-order valence-corrected chi connectivity index (χ0v) is 17.0. The van der Waals surface area contributed by atoms with Crippen LogP contribution in [0, 0.1) is 19.7 Å². The van der Waals surface area contributed by atoms with E-state index >= 15 is 0 Å². The second-order valence-corrected chi connectivity index (χ2v) is 7.43. The Morgan fingerprint density at radius 1 is 1.14 bits per heavy atom. The molecule has 4 nitrogen and oxygen atoms in total. The molecule has 0 radical (unpaired) electrons. The number of rotatable bonds is 4. The Balaban J connectivity index is 1.88. The molecule has 0 aliphatic carbocycles. The normalized spacial score (nSPS) is 19.1. The van der Waals surface area contributed by atoms with E-state index in [1.165, 1.54) is 29.1 Å². The molecule has 0 unspecified atom stereocenters. The van der Waals surface area contributed by atoms with E-state index in [4.69, 9.17) is 12.2 Å². The van der Waals surface area contributed by atoms with Gasteiger partial charge in [0.1, 0.15) is 5.82 Å². The Labute approximate surface area is 170 Å². The van der Waals surface area contributed by atoms with Crippen LogP contribution in [0.2, 0.25) is 0 Å². The average molecular weight is 395 g/mol. The molecule has 3 aromatic rings. The third kappa shape index (κ3) is 3.07. The summed E-state index contributed by atoms with van der Waals surface area (Å²) in [5, 5.41) is 4.07. The monoisotopic (exact) mass is 394 g/mol. The number of nitrogens with zero attached hydrogens (tertiary/aromatic N) is 3. The lowest BCUT2D eigenvalue weighted by Crippen LogP contribution is -2.29. The van der Waals surface area contributed by atoms with Gasteiger partial charge in [-0.3, -0.25) is 4.98 Å². The van der Waals surface area contributed by atoms with Gasteiger partial charge in [-0.25, -0.2) is 4.39 Å².